The summed E-state index contributed by atoms with van der Waals surface area (Å²) in [4.78, 5) is 58.1. The molecule has 256 valence electrons. The van der Waals surface area contributed by atoms with Crippen LogP contribution in [0.4, 0.5) is 5.13 Å². The standard InChI is InChI=1S/C36H34N6O6S2/c37-36-39-26(20-50-36)29(41-48-24-13-7-8-14-24)33(43)40-30-27-19-46-28(21-49-25-15-17-38-18-16-25)31(42(27)34(30)44)35(45)47-32(22-9-3-1-4-10-22)23-11-5-2-6-12-23/h1-6,9-12,15-18,20,24,27,30,32H,7-8,13-14,19,21H2,(H2,37,39)(H,40,43)/b41-29-/t27-,30+/m1/s1. The van der Waals surface area contributed by atoms with Crippen LogP contribution < -0.4 is 11.1 Å². The largest absolute Gasteiger partial charge is 0.492 e. The molecule has 1 aliphatic carbocycles. The number of nitrogen functional groups attached to an aromatic ring is 1. The molecule has 2 atom stereocenters. The molecule has 50 heavy (non-hydrogen) atoms. The molecule has 0 unspecified atom stereocenters. The van der Waals surface area contributed by atoms with Crippen LogP contribution in [0.15, 0.2) is 112 Å². The summed E-state index contributed by atoms with van der Waals surface area (Å²) >= 11 is 2.60. The predicted octanol–water partition coefficient (Wildman–Crippen LogP) is 4.85. The number of thioether (sulfide) groups is 1. The number of β-lactam (4-membered cyclic amide) rings is 1. The zero-order chi connectivity index (χ0) is 34.5. The fourth-order valence-electron chi connectivity index (χ4n) is 6.12. The number of pyridine rings is 1. The molecule has 2 aliphatic heterocycles. The number of aromatic nitrogens is 2. The van der Waals surface area contributed by atoms with Gasteiger partial charge in [-0.3, -0.25) is 19.5 Å². The number of benzene rings is 2. The molecule has 2 fully saturated rings. The van der Waals surface area contributed by atoms with Crippen LogP contribution in [0, 0.1) is 0 Å². The summed E-state index contributed by atoms with van der Waals surface area (Å²) in [5.74, 6) is -1.29. The number of carbonyl (C=O) groups excluding carboxylic acids is 3. The number of thiazole rings is 1. The number of oxime groups is 1. The van der Waals surface area contributed by atoms with Gasteiger partial charge >= 0.3 is 5.97 Å². The zero-order valence-corrected chi connectivity index (χ0v) is 28.5. The quantitative estimate of drug-likeness (QED) is 0.0685. The Kier molecular flexibility index (Phi) is 10.1. The average molecular weight is 711 g/mol. The van der Waals surface area contributed by atoms with Crippen molar-refractivity contribution in [3.05, 3.63) is 119 Å². The van der Waals surface area contributed by atoms with Gasteiger partial charge in [0.05, 0.1) is 5.75 Å². The Hall–Kier alpha value is -5.21. The van der Waals surface area contributed by atoms with Crippen molar-refractivity contribution >= 4 is 51.7 Å². The third-order valence-corrected chi connectivity index (χ3v) is 10.3. The molecule has 2 aromatic carbocycles. The number of anilines is 1. The second-order valence-corrected chi connectivity index (χ2v) is 13.8. The number of rotatable bonds is 12. The molecule has 14 heteroatoms. The Morgan fingerprint density at radius 1 is 1.04 bits per heavy atom. The number of carbonyl (C=O) groups is 3. The topological polar surface area (TPSA) is 158 Å². The first-order valence-corrected chi connectivity index (χ1v) is 18.1. The summed E-state index contributed by atoms with van der Waals surface area (Å²) in [6.07, 6.45) is 6.25. The average Bonchev–Trinajstić information content (AvgIpc) is 3.84. The predicted molar refractivity (Wildman–Crippen MR) is 188 cm³/mol. The van der Waals surface area contributed by atoms with E-state index in [0.717, 1.165) is 41.7 Å². The van der Waals surface area contributed by atoms with Gasteiger partial charge in [-0.15, -0.1) is 23.1 Å². The summed E-state index contributed by atoms with van der Waals surface area (Å²) < 4.78 is 12.4. The van der Waals surface area contributed by atoms with E-state index in [-0.39, 0.29) is 40.7 Å². The van der Waals surface area contributed by atoms with Gasteiger partial charge in [0, 0.05) is 22.7 Å². The van der Waals surface area contributed by atoms with Crippen LogP contribution in [0.1, 0.15) is 48.6 Å². The number of nitrogens with one attached hydrogen (secondary N) is 1. The van der Waals surface area contributed by atoms with Crippen LogP contribution >= 0.6 is 23.1 Å². The van der Waals surface area contributed by atoms with Crippen LogP contribution in [-0.4, -0.2) is 68.9 Å². The van der Waals surface area contributed by atoms with Crippen molar-refractivity contribution in [2.75, 3.05) is 18.1 Å². The molecule has 2 amide bonds. The van der Waals surface area contributed by atoms with Gasteiger partial charge in [-0.25, -0.2) is 9.78 Å². The van der Waals surface area contributed by atoms with Gasteiger partial charge in [0.2, 0.25) is 0 Å². The minimum Gasteiger partial charge on any atom is -0.492 e. The van der Waals surface area contributed by atoms with E-state index in [1.165, 1.54) is 28.0 Å². The lowest BCUT2D eigenvalue weighted by atomic mass is 9.92. The Labute approximate surface area is 296 Å². The van der Waals surface area contributed by atoms with E-state index in [2.05, 4.69) is 20.4 Å². The minimum atomic E-state index is -0.994. The molecule has 0 bridgehead atoms. The second kappa shape index (κ2) is 15.1. The van der Waals surface area contributed by atoms with E-state index >= 15 is 0 Å². The van der Waals surface area contributed by atoms with Crippen LogP contribution in [0.25, 0.3) is 0 Å². The van der Waals surface area contributed by atoms with Crippen LogP contribution in [-0.2, 0) is 28.7 Å². The first kappa shape index (κ1) is 33.3. The molecule has 0 radical (unpaired) electrons. The van der Waals surface area contributed by atoms with Gasteiger partial charge in [-0.2, -0.15) is 0 Å². The summed E-state index contributed by atoms with van der Waals surface area (Å²) in [5, 5.41) is 8.85. The van der Waals surface area contributed by atoms with E-state index in [0.29, 0.717) is 5.76 Å². The Morgan fingerprint density at radius 2 is 1.72 bits per heavy atom. The summed E-state index contributed by atoms with van der Waals surface area (Å²) in [7, 11) is 0. The highest BCUT2D eigenvalue weighted by Gasteiger charge is 2.55. The van der Waals surface area contributed by atoms with Gasteiger partial charge in [-0.1, -0.05) is 65.8 Å². The van der Waals surface area contributed by atoms with Gasteiger partial charge in [0.1, 0.15) is 36.2 Å². The molecule has 4 heterocycles. The zero-order valence-electron chi connectivity index (χ0n) is 26.8. The van der Waals surface area contributed by atoms with E-state index in [1.54, 1.807) is 17.8 Å². The van der Waals surface area contributed by atoms with Crippen LogP contribution in [0.3, 0.4) is 0 Å². The number of amides is 2. The molecule has 3 N–H and O–H groups in total. The lowest BCUT2D eigenvalue weighted by Gasteiger charge is -2.49. The molecule has 7 rings (SSSR count). The van der Waals surface area contributed by atoms with Gasteiger partial charge in [-0.05, 0) is 48.9 Å². The summed E-state index contributed by atoms with van der Waals surface area (Å²) in [5.41, 5.74) is 7.56. The molecule has 1 saturated heterocycles. The third kappa shape index (κ3) is 7.21. The number of hydrogen-bond acceptors (Lipinski definition) is 12. The van der Waals surface area contributed by atoms with Gasteiger partial charge in [0.15, 0.2) is 22.6 Å². The van der Waals surface area contributed by atoms with Crippen molar-refractivity contribution in [3.8, 4) is 0 Å². The molecular weight excluding hydrogens is 677 g/mol. The van der Waals surface area contributed by atoms with Gasteiger partial charge < -0.3 is 25.4 Å². The first-order chi connectivity index (χ1) is 24.5. The summed E-state index contributed by atoms with van der Waals surface area (Å²) in [6, 6.07) is 20.8. The van der Waals surface area contributed by atoms with Gasteiger partial charge in [0.25, 0.3) is 11.8 Å². The number of ether oxygens (including phenoxy) is 2. The fourth-order valence-corrected chi connectivity index (χ4v) is 7.50. The van der Waals surface area contributed by atoms with E-state index < -0.39 is 36.0 Å². The number of fused-ring (bicyclic) bond motifs is 1. The van der Waals surface area contributed by atoms with Crippen LogP contribution in [0.5, 0.6) is 0 Å². The van der Waals surface area contributed by atoms with E-state index in [1.807, 2.05) is 72.8 Å². The number of nitrogens with two attached hydrogens (primary N) is 1. The highest BCUT2D eigenvalue weighted by molar-refractivity contribution is 7.99. The molecule has 4 aromatic rings. The summed E-state index contributed by atoms with van der Waals surface area (Å²) in [6.45, 7) is 0.0508. The normalized spacial score (nSPS) is 19.1. The van der Waals surface area contributed by atoms with Crippen molar-refractivity contribution in [2.24, 2.45) is 5.16 Å². The number of esters is 1. The van der Waals surface area contributed by atoms with Crippen molar-refractivity contribution in [1.29, 1.82) is 0 Å². The maximum atomic E-state index is 14.2. The SMILES string of the molecule is Nc1nc(/C(=N/OC2CCCC2)C(=O)N[C@@H]2C(=O)N3C(C(=O)OC(c4ccccc4)c4ccccc4)=C(CSc4ccncc4)OC[C@H]23)cs1. The Balaban J connectivity index is 1.15. The number of hydrogen-bond donors (Lipinski definition) is 2. The molecule has 3 aliphatic rings. The lowest BCUT2D eigenvalue weighted by molar-refractivity contribution is -0.163. The first-order valence-electron chi connectivity index (χ1n) is 16.2. The van der Waals surface area contributed by atoms with E-state index in [4.69, 9.17) is 20.0 Å². The molecule has 12 nitrogen and oxygen atoms in total. The lowest BCUT2D eigenvalue weighted by Crippen LogP contribution is -2.73. The number of nitrogens with zero attached hydrogens (tertiary/aromatic N) is 4. The maximum absolute atomic E-state index is 14.2. The second-order valence-electron chi connectivity index (χ2n) is 11.9. The van der Waals surface area contributed by atoms with Crippen molar-refractivity contribution in [1.82, 2.24) is 20.2 Å². The van der Waals surface area contributed by atoms with Crippen molar-refractivity contribution < 1.29 is 28.7 Å². The monoisotopic (exact) mass is 710 g/mol. The van der Waals surface area contributed by atoms with E-state index in [9.17, 15) is 14.4 Å². The van der Waals surface area contributed by atoms with Crippen molar-refractivity contribution in [3.63, 3.8) is 0 Å². The maximum Gasteiger partial charge on any atom is 0.359 e. The van der Waals surface area contributed by atoms with Crippen LogP contribution in [0.2, 0.25) is 0 Å². The third-order valence-electron chi connectivity index (χ3n) is 8.66. The molecule has 2 aromatic heterocycles. The smallest absolute Gasteiger partial charge is 0.359 e. The molecular formula is C36H34N6O6S2. The highest BCUT2D eigenvalue weighted by atomic mass is 32.2. The Morgan fingerprint density at radius 3 is 2.36 bits per heavy atom. The van der Waals surface area contributed by atoms with Crippen molar-refractivity contribution in [2.45, 2.75) is 54.9 Å². The Bertz CT molecular complexity index is 1860. The molecule has 0 spiro atoms. The molecule has 1 saturated carbocycles. The fraction of sp³-hybridized carbons (Fsp3) is 0.278. The minimum absolute atomic E-state index is 0.000833. The highest BCUT2D eigenvalue weighted by Crippen LogP contribution is 2.37.